The summed E-state index contributed by atoms with van der Waals surface area (Å²) in [6.45, 7) is -0.0500. The Morgan fingerprint density at radius 3 is 2.68 bits per heavy atom. The van der Waals surface area contributed by atoms with Crippen molar-refractivity contribution in [3.05, 3.63) is 70.5 Å². The highest BCUT2D eigenvalue weighted by Crippen LogP contribution is 2.11. The van der Waals surface area contributed by atoms with Crippen LogP contribution in [0.25, 0.3) is 10.9 Å². The van der Waals surface area contributed by atoms with Crippen LogP contribution in [0.3, 0.4) is 0 Å². The van der Waals surface area contributed by atoms with Crippen LogP contribution >= 0.6 is 0 Å². The number of amides is 1. The van der Waals surface area contributed by atoms with Crippen molar-refractivity contribution in [2.45, 2.75) is 6.54 Å². The van der Waals surface area contributed by atoms with Crippen LogP contribution in [-0.4, -0.2) is 34.4 Å². The van der Waals surface area contributed by atoms with E-state index in [9.17, 15) is 14.0 Å². The minimum atomic E-state index is -0.373. The first-order valence-electron chi connectivity index (χ1n) is 7.63. The number of carbonyl (C=O) groups excluding carboxylic acids is 1. The lowest BCUT2D eigenvalue weighted by Gasteiger charge is -2.17. The number of benzene rings is 2. The molecule has 3 aromatic rings. The zero-order valence-corrected chi connectivity index (χ0v) is 13.5. The Hall–Kier alpha value is -3.22. The molecule has 0 aliphatic heterocycles. The minimum Gasteiger partial charge on any atom is -0.484 e. The molecule has 0 unspecified atom stereocenters. The maximum absolute atomic E-state index is 12.8. The quantitative estimate of drug-likeness (QED) is 0.771. The Labute approximate surface area is 142 Å². The fraction of sp³-hybridized carbons (Fsp3) is 0.167. The molecule has 3 rings (SSSR count). The highest BCUT2D eigenvalue weighted by molar-refractivity contribution is 5.78. The summed E-state index contributed by atoms with van der Waals surface area (Å²) in [5.41, 5.74) is 0.327. The molecule has 0 saturated carbocycles. The third-order valence-corrected chi connectivity index (χ3v) is 3.65. The van der Waals surface area contributed by atoms with Crippen molar-refractivity contribution in [2.24, 2.45) is 0 Å². The number of halogens is 1. The van der Waals surface area contributed by atoms with Crippen molar-refractivity contribution in [1.29, 1.82) is 0 Å². The number of hydrogen-bond donors (Lipinski definition) is 1. The topological polar surface area (TPSA) is 75.3 Å². The lowest BCUT2D eigenvalue weighted by Crippen LogP contribution is -2.32. The minimum absolute atomic E-state index is 0.145. The van der Waals surface area contributed by atoms with Crippen LogP contribution in [0.4, 0.5) is 4.39 Å². The van der Waals surface area contributed by atoms with Crippen LogP contribution in [0, 0.1) is 5.82 Å². The Morgan fingerprint density at radius 1 is 1.20 bits per heavy atom. The van der Waals surface area contributed by atoms with Crippen LogP contribution in [0.15, 0.2) is 53.3 Å². The standard InChI is InChI=1S/C18H16FN3O3/c1-22(17(23)11-25-13-8-6-12(19)7-9-13)10-16-20-15-5-3-2-4-14(15)18(24)21-16/h2-9H,10-11H2,1H3,(H,20,21,24). The SMILES string of the molecule is CN(Cc1nc2ccccc2c(=O)[nH]1)C(=O)COc1ccc(F)cc1. The molecule has 0 fully saturated rings. The number of carbonyl (C=O) groups is 1. The van der Waals surface area contributed by atoms with E-state index in [0.29, 0.717) is 22.5 Å². The van der Waals surface area contributed by atoms with Gasteiger partial charge in [-0.1, -0.05) is 12.1 Å². The van der Waals surface area contributed by atoms with Crippen LogP contribution < -0.4 is 10.3 Å². The molecule has 1 heterocycles. The van der Waals surface area contributed by atoms with Crippen LogP contribution in [-0.2, 0) is 11.3 Å². The number of aromatic nitrogens is 2. The molecule has 1 amide bonds. The molecule has 0 aliphatic rings. The van der Waals surface area contributed by atoms with Crippen molar-refractivity contribution < 1.29 is 13.9 Å². The number of aromatic amines is 1. The van der Waals surface area contributed by atoms with Crippen LogP contribution in [0.2, 0.25) is 0 Å². The Kier molecular flexibility index (Phi) is 4.74. The number of para-hydroxylation sites is 1. The number of nitrogens with one attached hydrogen (secondary N) is 1. The molecule has 7 heteroatoms. The lowest BCUT2D eigenvalue weighted by molar-refractivity contribution is -0.132. The molecular weight excluding hydrogens is 325 g/mol. The van der Waals surface area contributed by atoms with Gasteiger partial charge in [0.25, 0.3) is 11.5 Å². The normalized spacial score (nSPS) is 10.6. The van der Waals surface area contributed by atoms with Gasteiger partial charge in [-0.2, -0.15) is 0 Å². The molecule has 25 heavy (non-hydrogen) atoms. The van der Waals surface area contributed by atoms with Gasteiger partial charge in [0.15, 0.2) is 6.61 Å². The number of rotatable bonds is 5. The van der Waals surface area contributed by atoms with Gasteiger partial charge in [-0.25, -0.2) is 9.37 Å². The number of fused-ring (bicyclic) bond motifs is 1. The molecular formula is C18H16FN3O3. The molecule has 0 aliphatic carbocycles. The van der Waals surface area contributed by atoms with Gasteiger partial charge in [-0.3, -0.25) is 9.59 Å². The summed E-state index contributed by atoms with van der Waals surface area (Å²) in [5, 5.41) is 0.500. The summed E-state index contributed by atoms with van der Waals surface area (Å²) in [6.07, 6.45) is 0. The second kappa shape index (κ2) is 7.12. The molecule has 0 spiro atoms. The Bertz CT molecular complexity index is 954. The predicted molar refractivity (Wildman–Crippen MR) is 90.7 cm³/mol. The molecule has 1 N–H and O–H groups in total. The third-order valence-electron chi connectivity index (χ3n) is 3.65. The monoisotopic (exact) mass is 341 g/mol. The van der Waals surface area contributed by atoms with E-state index in [-0.39, 0.29) is 30.4 Å². The summed E-state index contributed by atoms with van der Waals surface area (Å²) in [7, 11) is 1.59. The van der Waals surface area contributed by atoms with E-state index in [0.717, 1.165) is 0 Å². The highest BCUT2D eigenvalue weighted by atomic mass is 19.1. The number of nitrogens with zero attached hydrogens (tertiary/aromatic N) is 2. The molecule has 0 radical (unpaired) electrons. The maximum Gasteiger partial charge on any atom is 0.260 e. The average Bonchev–Trinajstić information content (AvgIpc) is 2.61. The van der Waals surface area contributed by atoms with Crippen molar-refractivity contribution in [2.75, 3.05) is 13.7 Å². The summed E-state index contributed by atoms with van der Waals surface area (Å²) in [6, 6.07) is 12.4. The maximum atomic E-state index is 12.8. The fourth-order valence-corrected chi connectivity index (χ4v) is 2.31. The average molecular weight is 341 g/mol. The highest BCUT2D eigenvalue weighted by Gasteiger charge is 2.12. The number of ether oxygens (including phenoxy) is 1. The van der Waals surface area contributed by atoms with E-state index in [2.05, 4.69) is 9.97 Å². The molecule has 128 valence electrons. The van der Waals surface area contributed by atoms with Gasteiger partial charge in [0, 0.05) is 7.05 Å². The number of H-pyrrole nitrogens is 1. The second-order valence-corrected chi connectivity index (χ2v) is 5.52. The van der Waals surface area contributed by atoms with Gasteiger partial charge in [-0.15, -0.1) is 0 Å². The summed E-state index contributed by atoms with van der Waals surface area (Å²) in [4.78, 5) is 32.6. The van der Waals surface area contributed by atoms with Gasteiger partial charge in [-0.05, 0) is 36.4 Å². The van der Waals surface area contributed by atoms with Gasteiger partial charge in [0.05, 0.1) is 17.4 Å². The van der Waals surface area contributed by atoms with Gasteiger partial charge in [0.2, 0.25) is 0 Å². The Morgan fingerprint density at radius 2 is 1.92 bits per heavy atom. The van der Waals surface area contributed by atoms with E-state index in [1.54, 1.807) is 31.3 Å². The van der Waals surface area contributed by atoms with E-state index in [4.69, 9.17) is 4.74 Å². The molecule has 1 aromatic heterocycles. The van der Waals surface area contributed by atoms with Gasteiger partial charge in [0.1, 0.15) is 17.4 Å². The van der Waals surface area contributed by atoms with Gasteiger partial charge < -0.3 is 14.6 Å². The van der Waals surface area contributed by atoms with Gasteiger partial charge >= 0.3 is 0 Å². The van der Waals surface area contributed by atoms with Crippen LogP contribution in [0.5, 0.6) is 5.75 Å². The van der Waals surface area contributed by atoms with Crippen molar-refractivity contribution >= 4 is 16.8 Å². The van der Waals surface area contributed by atoms with Crippen LogP contribution in [0.1, 0.15) is 5.82 Å². The first-order chi connectivity index (χ1) is 12.0. The van der Waals surface area contributed by atoms with E-state index >= 15 is 0 Å². The summed E-state index contributed by atoms with van der Waals surface area (Å²) >= 11 is 0. The zero-order valence-electron chi connectivity index (χ0n) is 13.5. The number of likely N-dealkylation sites (N-methyl/N-ethyl adjacent to an activating group) is 1. The van der Waals surface area contributed by atoms with E-state index < -0.39 is 0 Å². The Balaban J connectivity index is 1.65. The second-order valence-electron chi connectivity index (χ2n) is 5.52. The van der Waals surface area contributed by atoms with Crippen molar-refractivity contribution in [1.82, 2.24) is 14.9 Å². The first kappa shape index (κ1) is 16.6. The molecule has 0 saturated heterocycles. The molecule has 6 nitrogen and oxygen atoms in total. The lowest BCUT2D eigenvalue weighted by atomic mass is 10.2. The molecule has 0 atom stereocenters. The first-order valence-corrected chi connectivity index (χ1v) is 7.63. The zero-order chi connectivity index (χ0) is 17.8. The van der Waals surface area contributed by atoms with Crippen molar-refractivity contribution in [3.63, 3.8) is 0 Å². The smallest absolute Gasteiger partial charge is 0.260 e. The number of hydrogen-bond acceptors (Lipinski definition) is 4. The molecule has 0 bridgehead atoms. The van der Waals surface area contributed by atoms with Crippen molar-refractivity contribution in [3.8, 4) is 5.75 Å². The summed E-state index contributed by atoms with van der Waals surface area (Å²) < 4.78 is 18.2. The van der Waals surface area contributed by atoms with E-state index in [1.807, 2.05) is 0 Å². The summed E-state index contributed by atoms with van der Waals surface area (Å²) in [5.74, 6) is 0.129. The molecule has 2 aromatic carbocycles. The predicted octanol–water partition coefficient (Wildman–Crippen LogP) is 2.10. The fourth-order valence-electron chi connectivity index (χ4n) is 2.31. The van der Waals surface area contributed by atoms with E-state index in [1.165, 1.54) is 29.2 Å². The third kappa shape index (κ3) is 4.00. The largest absolute Gasteiger partial charge is 0.484 e.